The smallest absolute Gasteiger partial charge is 0.0700 e. The third-order valence-electron chi connectivity index (χ3n) is 3.79. The van der Waals surface area contributed by atoms with E-state index in [0.29, 0.717) is 6.10 Å². The van der Waals surface area contributed by atoms with Crippen LogP contribution >= 0.6 is 0 Å². The van der Waals surface area contributed by atoms with Crippen LogP contribution in [0.15, 0.2) is 24.3 Å². The van der Waals surface area contributed by atoms with Crippen molar-refractivity contribution >= 4 is 5.69 Å². The lowest BCUT2D eigenvalue weighted by molar-refractivity contribution is 0.110. The SMILES string of the molecule is CCN(CC)c1ccc(CNC[C@H]2CCCO2)cc1. The molecular formula is C16H26N2O. The maximum atomic E-state index is 5.60. The summed E-state index contributed by atoms with van der Waals surface area (Å²) in [4.78, 5) is 2.36. The first-order valence-corrected chi connectivity index (χ1v) is 7.49. The molecule has 0 amide bonds. The van der Waals surface area contributed by atoms with E-state index < -0.39 is 0 Å². The van der Waals surface area contributed by atoms with Gasteiger partial charge >= 0.3 is 0 Å². The number of hydrogen-bond acceptors (Lipinski definition) is 3. The van der Waals surface area contributed by atoms with Gasteiger partial charge in [-0.3, -0.25) is 0 Å². The lowest BCUT2D eigenvalue weighted by atomic mass is 10.2. The van der Waals surface area contributed by atoms with Gasteiger partial charge in [0.15, 0.2) is 0 Å². The summed E-state index contributed by atoms with van der Waals surface area (Å²) in [7, 11) is 0. The molecule has 1 N–H and O–H groups in total. The van der Waals surface area contributed by atoms with E-state index in [-0.39, 0.29) is 0 Å². The van der Waals surface area contributed by atoms with Crippen molar-refractivity contribution in [1.29, 1.82) is 0 Å². The van der Waals surface area contributed by atoms with E-state index in [2.05, 4.69) is 48.3 Å². The highest BCUT2D eigenvalue weighted by Gasteiger charge is 2.14. The molecule has 1 aromatic rings. The highest BCUT2D eigenvalue weighted by molar-refractivity contribution is 5.47. The fourth-order valence-electron chi connectivity index (χ4n) is 2.60. The first kappa shape index (κ1) is 14.4. The lowest BCUT2D eigenvalue weighted by Crippen LogP contribution is -2.26. The number of rotatable bonds is 7. The molecular weight excluding hydrogens is 236 g/mol. The third-order valence-corrected chi connectivity index (χ3v) is 3.79. The van der Waals surface area contributed by atoms with Gasteiger partial charge in [0.2, 0.25) is 0 Å². The van der Waals surface area contributed by atoms with Crippen molar-refractivity contribution in [3.05, 3.63) is 29.8 Å². The highest BCUT2D eigenvalue weighted by Crippen LogP contribution is 2.15. The van der Waals surface area contributed by atoms with Crippen LogP contribution in [-0.2, 0) is 11.3 Å². The molecule has 0 unspecified atom stereocenters. The first-order valence-electron chi connectivity index (χ1n) is 7.49. The molecule has 1 saturated heterocycles. The van der Waals surface area contributed by atoms with Crippen molar-refractivity contribution < 1.29 is 4.74 Å². The van der Waals surface area contributed by atoms with Crippen molar-refractivity contribution in [1.82, 2.24) is 5.32 Å². The highest BCUT2D eigenvalue weighted by atomic mass is 16.5. The maximum absolute atomic E-state index is 5.60. The van der Waals surface area contributed by atoms with E-state index in [4.69, 9.17) is 4.74 Å². The number of ether oxygens (including phenoxy) is 1. The summed E-state index contributed by atoms with van der Waals surface area (Å²) in [5.41, 5.74) is 2.65. The molecule has 1 aromatic carbocycles. The molecule has 0 radical (unpaired) electrons. The predicted molar refractivity (Wildman–Crippen MR) is 80.7 cm³/mol. The van der Waals surface area contributed by atoms with Gasteiger partial charge in [0.05, 0.1) is 6.10 Å². The summed E-state index contributed by atoms with van der Waals surface area (Å²) in [6.07, 6.45) is 2.84. The Kier molecular flexibility index (Phi) is 5.67. The average molecular weight is 262 g/mol. The second kappa shape index (κ2) is 7.51. The molecule has 1 heterocycles. The summed E-state index contributed by atoms with van der Waals surface area (Å²) in [6, 6.07) is 8.87. The van der Waals surface area contributed by atoms with Crippen LogP contribution in [0.4, 0.5) is 5.69 Å². The molecule has 1 fully saturated rings. The van der Waals surface area contributed by atoms with Crippen LogP contribution < -0.4 is 10.2 Å². The van der Waals surface area contributed by atoms with Crippen LogP contribution in [0.2, 0.25) is 0 Å². The van der Waals surface area contributed by atoms with Crippen LogP contribution in [0.1, 0.15) is 32.3 Å². The average Bonchev–Trinajstić information content (AvgIpc) is 2.95. The Balaban J connectivity index is 1.77. The zero-order chi connectivity index (χ0) is 13.5. The Hall–Kier alpha value is -1.06. The van der Waals surface area contributed by atoms with Crippen molar-refractivity contribution in [3.8, 4) is 0 Å². The number of hydrogen-bond donors (Lipinski definition) is 1. The summed E-state index contributed by atoms with van der Waals surface area (Å²) < 4.78 is 5.60. The van der Waals surface area contributed by atoms with Gasteiger partial charge in [0.25, 0.3) is 0 Å². The molecule has 0 saturated carbocycles. The molecule has 3 heteroatoms. The summed E-state index contributed by atoms with van der Waals surface area (Å²) in [5, 5.41) is 3.48. The standard InChI is InChI=1S/C16H26N2O/c1-3-18(4-2)15-9-7-14(8-10-15)12-17-13-16-6-5-11-19-16/h7-10,16-17H,3-6,11-13H2,1-2H3/t16-/m1/s1. The summed E-state index contributed by atoms with van der Waals surface area (Å²) in [6.45, 7) is 9.35. The van der Waals surface area contributed by atoms with Gasteiger partial charge in [-0.25, -0.2) is 0 Å². The Morgan fingerprint density at radius 3 is 2.53 bits per heavy atom. The second-order valence-corrected chi connectivity index (χ2v) is 5.10. The van der Waals surface area contributed by atoms with E-state index in [0.717, 1.165) is 32.8 Å². The number of nitrogens with one attached hydrogen (secondary N) is 1. The molecule has 0 bridgehead atoms. The summed E-state index contributed by atoms with van der Waals surface area (Å²) in [5.74, 6) is 0. The van der Waals surface area contributed by atoms with Crippen LogP contribution in [-0.4, -0.2) is 32.3 Å². The molecule has 0 aromatic heterocycles. The first-order chi connectivity index (χ1) is 9.33. The Labute approximate surface area is 116 Å². The molecule has 19 heavy (non-hydrogen) atoms. The van der Waals surface area contributed by atoms with Gasteiger partial charge in [0, 0.05) is 38.5 Å². The normalized spacial score (nSPS) is 18.7. The third kappa shape index (κ3) is 4.22. The van der Waals surface area contributed by atoms with Crippen LogP contribution in [0, 0.1) is 0 Å². The van der Waals surface area contributed by atoms with Gasteiger partial charge in [-0.15, -0.1) is 0 Å². The summed E-state index contributed by atoms with van der Waals surface area (Å²) >= 11 is 0. The van der Waals surface area contributed by atoms with Gasteiger partial charge in [-0.2, -0.15) is 0 Å². The molecule has 0 spiro atoms. The Bertz CT molecular complexity index is 354. The van der Waals surface area contributed by atoms with E-state index in [1.165, 1.54) is 24.1 Å². The monoisotopic (exact) mass is 262 g/mol. The minimum absolute atomic E-state index is 0.426. The van der Waals surface area contributed by atoms with E-state index in [1.54, 1.807) is 0 Å². The molecule has 1 aliphatic rings. The molecule has 3 nitrogen and oxygen atoms in total. The topological polar surface area (TPSA) is 24.5 Å². The number of anilines is 1. The maximum Gasteiger partial charge on any atom is 0.0700 e. The van der Waals surface area contributed by atoms with E-state index in [1.807, 2.05) is 0 Å². The Morgan fingerprint density at radius 2 is 1.95 bits per heavy atom. The van der Waals surface area contributed by atoms with Crippen molar-refractivity contribution in [2.24, 2.45) is 0 Å². The molecule has 1 atom stereocenters. The van der Waals surface area contributed by atoms with E-state index in [9.17, 15) is 0 Å². The number of nitrogens with zero attached hydrogens (tertiary/aromatic N) is 1. The molecule has 2 rings (SSSR count). The molecule has 0 aliphatic carbocycles. The Morgan fingerprint density at radius 1 is 1.21 bits per heavy atom. The van der Waals surface area contributed by atoms with Gasteiger partial charge in [0.1, 0.15) is 0 Å². The fourth-order valence-corrected chi connectivity index (χ4v) is 2.60. The zero-order valence-electron chi connectivity index (χ0n) is 12.2. The number of benzene rings is 1. The second-order valence-electron chi connectivity index (χ2n) is 5.10. The van der Waals surface area contributed by atoms with Gasteiger partial charge < -0.3 is 15.0 Å². The lowest BCUT2D eigenvalue weighted by Gasteiger charge is -2.21. The van der Waals surface area contributed by atoms with E-state index >= 15 is 0 Å². The molecule has 106 valence electrons. The fraction of sp³-hybridized carbons (Fsp3) is 0.625. The van der Waals surface area contributed by atoms with Crippen molar-refractivity contribution in [2.45, 2.75) is 39.3 Å². The molecule has 1 aliphatic heterocycles. The van der Waals surface area contributed by atoms with Crippen molar-refractivity contribution in [3.63, 3.8) is 0 Å². The van der Waals surface area contributed by atoms with Gasteiger partial charge in [-0.1, -0.05) is 12.1 Å². The minimum Gasteiger partial charge on any atom is -0.377 e. The zero-order valence-corrected chi connectivity index (χ0v) is 12.2. The quantitative estimate of drug-likeness (QED) is 0.818. The van der Waals surface area contributed by atoms with Gasteiger partial charge in [-0.05, 0) is 44.4 Å². The van der Waals surface area contributed by atoms with Crippen molar-refractivity contribution in [2.75, 3.05) is 31.1 Å². The van der Waals surface area contributed by atoms with Crippen LogP contribution in [0.5, 0.6) is 0 Å². The van der Waals surface area contributed by atoms with Crippen LogP contribution in [0.3, 0.4) is 0 Å². The predicted octanol–water partition coefficient (Wildman–Crippen LogP) is 2.80. The van der Waals surface area contributed by atoms with Crippen LogP contribution in [0.25, 0.3) is 0 Å². The largest absolute Gasteiger partial charge is 0.377 e. The minimum atomic E-state index is 0.426.